The molecule has 38 heavy (non-hydrogen) atoms. The second kappa shape index (κ2) is 10.2. The van der Waals surface area contributed by atoms with Gasteiger partial charge in [-0.3, -0.25) is 4.79 Å². The van der Waals surface area contributed by atoms with Gasteiger partial charge in [0.2, 0.25) is 15.9 Å². The van der Waals surface area contributed by atoms with Crippen molar-refractivity contribution in [3.63, 3.8) is 0 Å². The third kappa shape index (κ3) is 5.07. The molecule has 13 heteroatoms. The number of aromatic nitrogens is 2. The van der Waals surface area contributed by atoms with Gasteiger partial charge >= 0.3 is 11.7 Å². The first-order chi connectivity index (χ1) is 19.0. The van der Waals surface area contributed by atoms with Crippen LogP contribution in [0.5, 0.6) is 5.75 Å². The maximum atomic E-state index is 15.1. The number of hydrogen-bond acceptors (Lipinski definition) is 8. The molecule has 4 rings (SSSR count). The number of esters is 1. The van der Waals surface area contributed by atoms with Gasteiger partial charge in [0.1, 0.15) is 28.1 Å². The summed E-state index contributed by atoms with van der Waals surface area (Å²) < 4.78 is 85.8. The van der Waals surface area contributed by atoms with E-state index in [0.29, 0.717) is 5.56 Å². The number of rotatable bonds is 7. The third-order valence-electron chi connectivity index (χ3n) is 6.47. The van der Waals surface area contributed by atoms with Crippen molar-refractivity contribution in [1.82, 2.24) is 14.9 Å². The zero-order chi connectivity index (χ0) is 30.5. The van der Waals surface area contributed by atoms with Crippen LogP contribution in [0.25, 0.3) is 0 Å². The van der Waals surface area contributed by atoms with E-state index in [4.69, 9.17) is 29.6 Å². The summed E-state index contributed by atoms with van der Waals surface area (Å²) in [5, 5.41) is 5.65. The number of benzene rings is 2. The number of nitrogens with one attached hydrogen (secondary N) is 2. The molecule has 2 heterocycles. The van der Waals surface area contributed by atoms with Crippen LogP contribution < -0.4 is 15.2 Å². The Labute approximate surface area is 227 Å². The molecule has 0 fully saturated rings. The van der Waals surface area contributed by atoms with Crippen molar-refractivity contribution in [2.75, 3.05) is 6.61 Å². The van der Waals surface area contributed by atoms with Crippen molar-refractivity contribution in [1.29, 1.82) is 0 Å². The zero-order valence-corrected chi connectivity index (χ0v) is 22.4. The molecule has 0 amide bonds. The van der Waals surface area contributed by atoms with E-state index in [0.717, 1.165) is 24.6 Å². The van der Waals surface area contributed by atoms with Crippen LogP contribution in [-0.4, -0.2) is 31.2 Å². The predicted octanol–water partition coefficient (Wildman–Crippen LogP) is 4.16. The van der Waals surface area contributed by atoms with Crippen molar-refractivity contribution in [3.8, 4) is 5.75 Å². The van der Waals surface area contributed by atoms with Gasteiger partial charge in [-0.2, -0.15) is 4.72 Å². The number of nitrogens with zero attached hydrogens (tertiary/aromatic N) is 1. The molecule has 0 radical (unpaired) electrons. The molecule has 0 bridgehead atoms. The van der Waals surface area contributed by atoms with E-state index in [9.17, 15) is 18.0 Å². The van der Waals surface area contributed by atoms with Gasteiger partial charge < -0.3 is 13.9 Å². The molecule has 0 saturated carbocycles. The van der Waals surface area contributed by atoms with E-state index in [1.54, 1.807) is 19.9 Å². The van der Waals surface area contributed by atoms with E-state index < -0.39 is 62.6 Å². The van der Waals surface area contributed by atoms with Crippen LogP contribution in [0.4, 0.5) is 4.39 Å². The van der Waals surface area contributed by atoms with Crippen molar-refractivity contribution in [3.05, 3.63) is 73.8 Å². The van der Waals surface area contributed by atoms with Gasteiger partial charge in [-0.25, -0.2) is 22.7 Å². The van der Waals surface area contributed by atoms with Gasteiger partial charge in [-0.1, -0.05) is 24.6 Å². The van der Waals surface area contributed by atoms with Crippen LogP contribution in [0.1, 0.15) is 71.3 Å². The fourth-order valence-electron chi connectivity index (χ4n) is 4.54. The molecule has 1 unspecified atom stereocenters. The molecule has 2 N–H and O–H groups in total. The quantitative estimate of drug-likeness (QED) is 0.404. The van der Waals surface area contributed by atoms with Crippen molar-refractivity contribution in [2.45, 2.75) is 63.4 Å². The lowest BCUT2D eigenvalue weighted by molar-refractivity contribution is -0.159. The van der Waals surface area contributed by atoms with Crippen LogP contribution in [0.2, 0.25) is 5.02 Å². The summed E-state index contributed by atoms with van der Waals surface area (Å²) in [7, 11) is -4.67. The summed E-state index contributed by atoms with van der Waals surface area (Å²) in [6.45, 7) is 2.71. The van der Waals surface area contributed by atoms with E-state index in [1.807, 2.05) is 0 Å². The standard InChI is InChI=1S/C25H27ClFN3O7S/c1-12-6-8-17(27)19(13(12)2)14(3)21(23-28-29-24(32)36-23)30-38(33,34)18-9-7-16(26)20-22(18)35-11-10-25(20,5)37-15(4)31/h6-9,14,21,30H,10-11H2,1-5H3,(H,29,32)/t14-,21+,25?/m1/s1/i5D3. The third-order valence-corrected chi connectivity index (χ3v) is 8.25. The molecular formula is C25H27ClFN3O7S. The molecule has 0 aliphatic carbocycles. The first-order valence-electron chi connectivity index (χ1n) is 13.0. The van der Waals surface area contributed by atoms with E-state index in [1.165, 1.54) is 13.0 Å². The van der Waals surface area contributed by atoms with Gasteiger partial charge in [0.25, 0.3) is 0 Å². The van der Waals surface area contributed by atoms with E-state index in [-0.39, 0.29) is 35.1 Å². The number of halogens is 2. The van der Waals surface area contributed by atoms with Crippen LogP contribution in [0.3, 0.4) is 0 Å². The molecule has 2 aromatic carbocycles. The number of fused-ring (bicyclic) bond motifs is 1. The summed E-state index contributed by atoms with van der Waals surface area (Å²) in [4.78, 5) is 23.3. The number of carbonyl (C=O) groups is 1. The highest BCUT2D eigenvalue weighted by Crippen LogP contribution is 2.47. The highest BCUT2D eigenvalue weighted by molar-refractivity contribution is 7.89. The fourth-order valence-corrected chi connectivity index (χ4v) is 6.26. The van der Waals surface area contributed by atoms with E-state index >= 15 is 4.39 Å². The van der Waals surface area contributed by atoms with Gasteiger partial charge in [0.15, 0.2) is 0 Å². The highest BCUT2D eigenvalue weighted by Gasteiger charge is 2.42. The Morgan fingerprint density at radius 1 is 1.34 bits per heavy atom. The molecule has 3 aromatic rings. The number of aromatic amines is 1. The predicted molar refractivity (Wildman–Crippen MR) is 135 cm³/mol. The second-order valence-corrected chi connectivity index (χ2v) is 11.1. The molecule has 1 aliphatic rings. The highest BCUT2D eigenvalue weighted by atomic mass is 35.5. The Hall–Kier alpha value is -3.22. The smallest absolute Gasteiger partial charge is 0.434 e. The molecule has 0 spiro atoms. The number of ether oxygens (including phenoxy) is 2. The first kappa shape index (κ1) is 23.9. The summed E-state index contributed by atoms with van der Waals surface area (Å²) in [6, 6.07) is 3.64. The zero-order valence-electron chi connectivity index (χ0n) is 23.8. The number of carbonyl (C=O) groups excluding carboxylic acids is 1. The average molecular weight is 571 g/mol. The molecule has 3 atom stereocenters. The Kier molecular flexibility index (Phi) is 6.38. The first-order valence-corrected chi connectivity index (χ1v) is 13.3. The van der Waals surface area contributed by atoms with Crippen molar-refractivity contribution in [2.24, 2.45) is 0 Å². The molecule has 1 aromatic heterocycles. The SMILES string of the molecule is [2H]C([2H])([2H])C1(OC(C)=O)CCOc2c(S(=O)(=O)N[C@H](c3n[nH]c(=O)o3)[C@H](C)c3c(F)ccc(C)c3C)ccc(Cl)c21. The summed E-state index contributed by atoms with van der Waals surface area (Å²) in [5.41, 5.74) is -1.17. The second-order valence-electron chi connectivity index (χ2n) is 9.01. The normalized spacial score (nSPS) is 20.3. The van der Waals surface area contributed by atoms with E-state index in [2.05, 4.69) is 14.9 Å². The Balaban J connectivity index is 1.89. The number of H-pyrrole nitrogens is 1. The minimum atomic E-state index is -4.67. The Morgan fingerprint density at radius 3 is 2.71 bits per heavy atom. The van der Waals surface area contributed by atoms with Gasteiger partial charge in [-0.15, -0.1) is 5.10 Å². The molecular weight excluding hydrogens is 541 g/mol. The maximum absolute atomic E-state index is 15.1. The van der Waals surface area contributed by atoms with Gasteiger partial charge in [0.05, 0.1) is 17.2 Å². The maximum Gasteiger partial charge on any atom is 0.434 e. The summed E-state index contributed by atoms with van der Waals surface area (Å²) in [6.07, 6.45) is -0.323. The monoisotopic (exact) mass is 570 g/mol. The van der Waals surface area contributed by atoms with Crippen molar-refractivity contribution >= 4 is 27.6 Å². The van der Waals surface area contributed by atoms with Crippen LogP contribution in [0, 0.1) is 19.7 Å². The topological polar surface area (TPSA) is 141 Å². The summed E-state index contributed by atoms with van der Waals surface area (Å²) >= 11 is 6.38. The van der Waals surface area contributed by atoms with Crippen LogP contribution in [0.15, 0.2) is 38.4 Å². The van der Waals surface area contributed by atoms with Crippen LogP contribution >= 0.6 is 11.6 Å². The fraction of sp³-hybridized carbons (Fsp3) is 0.400. The van der Waals surface area contributed by atoms with Crippen LogP contribution in [-0.2, 0) is 25.2 Å². The number of aryl methyl sites for hydroxylation is 1. The lowest BCUT2D eigenvalue weighted by Crippen LogP contribution is -2.37. The largest absolute Gasteiger partial charge is 0.491 e. The Bertz CT molecular complexity index is 1680. The minimum absolute atomic E-state index is 0.161. The molecule has 1 aliphatic heterocycles. The molecule has 204 valence electrons. The number of sulfonamides is 1. The molecule has 0 saturated heterocycles. The summed E-state index contributed by atoms with van der Waals surface area (Å²) in [5.74, 6) is -4.25. The van der Waals surface area contributed by atoms with Gasteiger partial charge in [0, 0.05) is 23.4 Å². The average Bonchev–Trinajstić information content (AvgIpc) is 3.30. The minimum Gasteiger partial charge on any atom is -0.491 e. The molecule has 10 nitrogen and oxygen atoms in total. The van der Waals surface area contributed by atoms with Crippen molar-refractivity contribution < 1.29 is 35.6 Å². The Morgan fingerprint density at radius 2 is 2.08 bits per heavy atom. The lowest BCUT2D eigenvalue weighted by Gasteiger charge is -2.36. The number of hydrogen-bond donors (Lipinski definition) is 2. The lowest BCUT2D eigenvalue weighted by atomic mass is 9.88. The van der Waals surface area contributed by atoms with Gasteiger partial charge in [-0.05, 0) is 55.6 Å².